The molecule has 0 saturated heterocycles. The Morgan fingerprint density at radius 1 is 1.25 bits per heavy atom. The fraction of sp³-hybridized carbons (Fsp3) is 0.625. The zero-order chi connectivity index (χ0) is 25.0. The molecule has 8 heteroatoms. The number of aliphatic hydroxyl groups is 1. The molecule has 0 aromatic carbocycles. The van der Waals surface area contributed by atoms with Crippen molar-refractivity contribution < 1.29 is 5.11 Å². The quantitative estimate of drug-likeness (QED) is 0.151. The SMILES string of the molecule is C=C.C=CC(=N)N1CCCN(CC(C)O)CC/C=N\1.C=CC=N.CCCCCNCCN. The molecule has 0 aliphatic carbocycles. The third kappa shape index (κ3) is 25.9. The number of rotatable bonds is 10. The van der Waals surface area contributed by atoms with Gasteiger partial charge in [-0.15, -0.1) is 13.2 Å². The fourth-order valence-electron chi connectivity index (χ4n) is 2.58. The number of amidine groups is 1. The number of nitrogens with two attached hydrogens (primary N) is 1. The van der Waals surface area contributed by atoms with E-state index in [1.54, 1.807) is 11.9 Å². The summed E-state index contributed by atoms with van der Waals surface area (Å²) in [7, 11) is 0. The van der Waals surface area contributed by atoms with Crippen molar-refractivity contribution in [2.75, 3.05) is 45.8 Å². The van der Waals surface area contributed by atoms with Crippen LogP contribution in [0.2, 0.25) is 0 Å². The van der Waals surface area contributed by atoms with Crippen molar-refractivity contribution in [1.29, 1.82) is 10.8 Å². The summed E-state index contributed by atoms with van der Waals surface area (Å²) >= 11 is 0. The van der Waals surface area contributed by atoms with Crippen LogP contribution in [0.15, 0.2) is 43.6 Å². The smallest absolute Gasteiger partial charge is 0.140 e. The lowest BCUT2D eigenvalue weighted by molar-refractivity contribution is 0.127. The van der Waals surface area contributed by atoms with Gasteiger partial charge in [-0.25, -0.2) is 5.01 Å². The van der Waals surface area contributed by atoms with Crippen LogP contribution in [0.4, 0.5) is 0 Å². The van der Waals surface area contributed by atoms with E-state index in [0.717, 1.165) is 58.3 Å². The molecule has 0 fully saturated rings. The first kappa shape index (κ1) is 34.5. The highest BCUT2D eigenvalue weighted by atomic mass is 16.3. The zero-order valence-electron chi connectivity index (χ0n) is 20.6. The molecule has 1 aliphatic heterocycles. The van der Waals surface area contributed by atoms with Gasteiger partial charge in [0, 0.05) is 51.7 Å². The van der Waals surface area contributed by atoms with Gasteiger partial charge in [0.25, 0.3) is 0 Å². The monoisotopic (exact) mass is 451 g/mol. The van der Waals surface area contributed by atoms with Crippen molar-refractivity contribution in [3.05, 3.63) is 38.5 Å². The Bertz CT molecular complexity index is 469. The van der Waals surface area contributed by atoms with E-state index >= 15 is 0 Å². The van der Waals surface area contributed by atoms with Gasteiger partial charge in [0.1, 0.15) is 5.84 Å². The van der Waals surface area contributed by atoms with Crippen molar-refractivity contribution in [3.8, 4) is 0 Å². The Hall–Kier alpha value is -2.13. The molecule has 8 nitrogen and oxygen atoms in total. The van der Waals surface area contributed by atoms with Gasteiger partial charge < -0.3 is 26.5 Å². The molecule has 1 heterocycles. The number of allylic oxidation sites excluding steroid dienone is 1. The zero-order valence-corrected chi connectivity index (χ0v) is 20.6. The maximum Gasteiger partial charge on any atom is 0.140 e. The van der Waals surface area contributed by atoms with Gasteiger partial charge in [-0.3, -0.25) is 5.41 Å². The molecule has 0 bridgehead atoms. The van der Waals surface area contributed by atoms with Gasteiger partial charge in [0.05, 0.1) is 6.10 Å². The normalized spacial score (nSPS) is 15.3. The van der Waals surface area contributed by atoms with Gasteiger partial charge in [-0.05, 0) is 38.8 Å². The molecule has 1 atom stereocenters. The van der Waals surface area contributed by atoms with E-state index in [-0.39, 0.29) is 6.10 Å². The predicted molar refractivity (Wildman–Crippen MR) is 142 cm³/mol. The molecule has 0 aromatic heterocycles. The Balaban J connectivity index is -0.000000470. The Labute approximate surface area is 197 Å². The van der Waals surface area contributed by atoms with Crippen LogP contribution in [0.1, 0.15) is 46.0 Å². The standard InChI is InChI=1S/C12H22N4O.C7H18N2.C3H5N.C2H4/c1-3-12(13)16-9-5-8-15(10-11(2)17)7-4-6-14-16;1-2-3-4-6-9-7-5-8;1-2-3-4;1-2/h3,6,11,13,17H,1,4-5,7-10H2,2H3;9H,2-8H2,1H3;2-4H,1H2;1-2H2/b13-12?,14-6-;;;. The van der Waals surface area contributed by atoms with Crippen LogP contribution in [0.3, 0.4) is 0 Å². The molecule has 0 saturated carbocycles. The van der Waals surface area contributed by atoms with Crippen LogP contribution in [0.25, 0.3) is 0 Å². The molecule has 0 aromatic rings. The molecule has 0 radical (unpaired) electrons. The number of hydrogen-bond donors (Lipinski definition) is 5. The van der Waals surface area contributed by atoms with Gasteiger partial charge >= 0.3 is 0 Å². The van der Waals surface area contributed by atoms with Crippen molar-refractivity contribution in [1.82, 2.24) is 15.2 Å². The lowest BCUT2D eigenvalue weighted by Gasteiger charge is -2.23. The van der Waals surface area contributed by atoms with E-state index in [2.05, 4.69) is 48.6 Å². The van der Waals surface area contributed by atoms with E-state index in [4.69, 9.17) is 16.6 Å². The Morgan fingerprint density at radius 2 is 1.91 bits per heavy atom. The summed E-state index contributed by atoms with van der Waals surface area (Å²) in [6.45, 7) is 22.9. The summed E-state index contributed by atoms with van der Waals surface area (Å²) in [5.41, 5.74) is 5.28. The van der Waals surface area contributed by atoms with Crippen LogP contribution >= 0.6 is 0 Å². The minimum atomic E-state index is -0.296. The first-order valence-corrected chi connectivity index (χ1v) is 11.4. The summed E-state index contributed by atoms with van der Waals surface area (Å²) in [6.07, 6.45) is 11.3. The molecule has 0 spiro atoms. The summed E-state index contributed by atoms with van der Waals surface area (Å²) in [5.74, 6) is 0.338. The molecule has 32 heavy (non-hydrogen) atoms. The number of hydrogen-bond acceptors (Lipinski definition) is 7. The topological polar surface area (TPSA) is 125 Å². The molecule has 1 aliphatic rings. The predicted octanol–water partition coefficient (Wildman–Crippen LogP) is 3.26. The molecule has 186 valence electrons. The summed E-state index contributed by atoms with van der Waals surface area (Å²) < 4.78 is 0. The average Bonchev–Trinajstić information content (AvgIpc) is 2.92. The summed E-state index contributed by atoms with van der Waals surface area (Å²) in [6, 6.07) is 0. The maximum atomic E-state index is 9.38. The summed E-state index contributed by atoms with van der Waals surface area (Å²) in [5, 5.41) is 32.4. The van der Waals surface area contributed by atoms with Gasteiger partial charge in [0.15, 0.2) is 0 Å². The van der Waals surface area contributed by atoms with Gasteiger partial charge in [0.2, 0.25) is 0 Å². The highest BCUT2D eigenvalue weighted by molar-refractivity contribution is 5.89. The number of nitrogens with zero attached hydrogens (tertiary/aromatic N) is 3. The highest BCUT2D eigenvalue weighted by Crippen LogP contribution is 2.03. The minimum absolute atomic E-state index is 0.296. The second-order valence-electron chi connectivity index (χ2n) is 6.95. The van der Waals surface area contributed by atoms with E-state index in [1.807, 2.05) is 6.21 Å². The van der Waals surface area contributed by atoms with Crippen LogP contribution in [-0.4, -0.2) is 85.2 Å². The fourth-order valence-corrected chi connectivity index (χ4v) is 2.58. The molecule has 6 N–H and O–H groups in total. The number of aliphatic hydroxyl groups excluding tert-OH is 1. The Kier molecular flexibility index (Phi) is 31.1. The van der Waals surface area contributed by atoms with Crippen LogP contribution in [0.5, 0.6) is 0 Å². The van der Waals surface area contributed by atoms with Crippen molar-refractivity contribution >= 4 is 18.3 Å². The lowest BCUT2D eigenvalue weighted by Crippen LogP contribution is -2.34. The van der Waals surface area contributed by atoms with Crippen LogP contribution < -0.4 is 11.1 Å². The van der Waals surface area contributed by atoms with E-state index in [1.165, 1.54) is 31.4 Å². The van der Waals surface area contributed by atoms with Gasteiger partial charge in [-0.2, -0.15) is 5.10 Å². The lowest BCUT2D eigenvalue weighted by atomic mass is 10.2. The highest BCUT2D eigenvalue weighted by Gasteiger charge is 2.11. The molecule has 1 unspecified atom stereocenters. The first-order chi connectivity index (χ1) is 15.5. The van der Waals surface area contributed by atoms with E-state index in [9.17, 15) is 5.11 Å². The van der Waals surface area contributed by atoms with E-state index < -0.39 is 0 Å². The molecular formula is C24H49N7O. The molecule has 0 amide bonds. The van der Waals surface area contributed by atoms with Gasteiger partial charge in [-0.1, -0.05) is 39.0 Å². The Morgan fingerprint density at radius 3 is 2.41 bits per heavy atom. The maximum absolute atomic E-state index is 9.38. The number of unbranched alkanes of at least 4 members (excludes halogenated alkanes) is 2. The first-order valence-electron chi connectivity index (χ1n) is 11.4. The third-order valence-electron chi connectivity index (χ3n) is 4.03. The van der Waals surface area contributed by atoms with Crippen LogP contribution in [-0.2, 0) is 0 Å². The average molecular weight is 452 g/mol. The molecular weight excluding hydrogens is 402 g/mol. The third-order valence-corrected chi connectivity index (χ3v) is 4.03. The second-order valence-corrected chi connectivity index (χ2v) is 6.95. The summed E-state index contributed by atoms with van der Waals surface area (Å²) in [4.78, 5) is 2.23. The largest absolute Gasteiger partial charge is 0.392 e. The second kappa shape index (κ2) is 28.9. The van der Waals surface area contributed by atoms with Crippen molar-refractivity contribution in [2.45, 2.75) is 52.1 Å². The van der Waals surface area contributed by atoms with Crippen molar-refractivity contribution in [3.63, 3.8) is 0 Å². The van der Waals surface area contributed by atoms with Crippen LogP contribution in [0, 0.1) is 10.8 Å². The number of hydrazone groups is 1. The minimum Gasteiger partial charge on any atom is -0.392 e. The molecule has 1 rings (SSSR count). The number of β-amino-alcohol motifs (C(OH)–C–C–N with tert-alkyl or cyclic N) is 1. The van der Waals surface area contributed by atoms with E-state index in [0.29, 0.717) is 12.4 Å². The van der Waals surface area contributed by atoms with Crippen molar-refractivity contribution in [2.24, 2.45) is 10.8 Å². The number of nitrogens with one attached hydrogen (secondary N) is 3.